The minimum Gasteiger partial charge on any atom is -0.508 e. The van der Waals surface area contributed by atoms with Gasteiger partial charge in [0, 0.05) is 11.1 Å². The summed E-state index contributed by atoms with van der Waals surface area (Å²) in [6.45, 7) is 0. The third-order valence-electron chi connectivity index (χ3n) is 3.95. The van der Waals surface area contributed by atoms with Crippen LogP contribution >= 0.6 is 0 Å². The molecule has 150 valence electrons. The summed E-state index contributed by atoms with van der Waals surface area (Å²) in [6.07, 6.45) is 2.98. The first-order chi connectivity index (χ1) is 14.5. The van der Waals surface area contributed by atoms with Gasteiger partial charge in [-0.3, -0.25) is 9.59 Å². The molecule has 0 atom stereocenters. The van der Waals surface area contributed by atoms with E-state index in [0.717, 1.165) is 11.1 Å². The molecule has 0 radical (unpaired) electrons. The number of nitrogens with zero attached hydrogens (tertiary/aromatic N) is 2. The summed E-state index contributed by atoms with van der Waals surface area (Å²) in [5.74, 6) is -0.615. The second-order valence-corrected chi connectivity index (χ2v) is 6.16. The van der Waals surface area contributed by atoms with Crippen molar-refractivity contribution in [1.29, 1.82) is 0 Å². The highest BCUT2D eigenvalue weighted by atomic mass is 16.3. The monoisotopic (exact) mass is 402 g/mol. The van der Waals surface area contributed by atoms with Crippen molar-refractivity contribution >= 4 is 24.2 Å². The highest BCUT2D eigenvalue weighted by molar-refractivity contribution is 5.95. The molecule has 0 spiro atoms. The Hall–Kier alpha value is -4.46. The topological polar surface area (TPSA) is 123 Å². The molecule has 8 nitrogen and oxygen atoms in total. The van der Waals surface area contributed by atoms with Crippen molar-refractivity contribution < 1.29 is 19.8 Å². The second-order valence-electron chi connectivity index (χ2n) is 6.16. The van der Waals surface area contributed by atoms with Crippen LogP contribution < -0.4 is 10.9 Å². The molecule has 30 heavy (non-hydrogen) atoms. The summed E-state index contributed by atoms with van der Waals surface area (Å²) < 4.78 is 0. The van der Waals surface area contributed by atoms with E-state index in [9.17, 15) is 19.8 Å². The number of hydrazone groups is 2. The predicted octanol–water partition coefficient (Wildman–Crippen LogP) is 2.63. The number of hydrogen-bond acceptors (Lipinski definition) is 6. The molecule has 0 unspecified atom stereocenters. The zero-order valence-corrected chi connectivity index (χ0v) is 15.7. The number of rotatable bonds is 6. The molecule has 0 aliphatic carbocycles. The van der Waals surface area contributed by atoms with Crippen LogP contribution in [0.5, 0.6) is 11.5 Å². The van der Waals surface area contributed by atoms with E-state index in [-0.39, 0.29) is 23.3 Å². The lowest BCUT2D eigenvalue weighted by molar-refractivity contribution is 0.0947. The largest absolute Gasteiger partial charge is 0.508 e. The van der Waals surface area contributed by atoms with Gasteiger partial charge in [-0.15, -0.1) is 0 Å². The van der Waals surface area contributed by atoms with Gasteiger partial charge in [0.2, 0.25) is 0 Å². The maximum Gasteiger partial charge on any atom is 0.271 e. The molecule has 0 aliphatic rings. The average Bonchev–Trinajstić information content (AvgIpc) is 2.75. The first-order valence-electron chi connectivity index (χ1n) is 8.86. The number of carbonyl (C=O) groups excluding carboxylic acids is 2. The lowest BCUT2D eigenvalue weighted by Gasteiger charge is -2.01. The Balaban J connectivity index is 1.50. The van der Waals surface area contributed by atoms with Crippen LogP contribution in [0.1, 0.15) is 31.8 Å². The summed E-state index contributed by atoms with van der Waals surface area (Å²) in [4.78, 5) is 23.8. The van der Waals surface area contributed by atoms with Crippen LogP contribution in [-0.4, -0.2) is 34.5 Å². The first kappa shape index (κ1) is 20.3. The number of aromatic hydroxyl groups is 2. The van der Waals surface area contributed by atoms with E-state index in [2.05, 4.69) is 21.1 Å². The van der Waals surface area contributed by atoms with Crippen molar-refractivity contribution in [1.82, 2.24) is 10.9 Å². The fourth-order valence-corrected chi connectivity index (χ4v) is 2.35. The minimum atomic E-state index is -0.389. The summed E-state index contributed by atoms with van der Waals surface area (Å²) in [7, 11) is 0. The van der Waals surface area contributed by atoms with Gasteiger partial charge in [-0.25, -0.2) is 10.9 Å². The van der Waals surface area contributed by atoms with E-state index in [0.29, 0.717) is 11.1 Å². The molecular weight excluding hydrogens is 384 g/mol. The van der Waals surface area contributed by atoms with E-state index in [1.165, 1.54) is 61.0 Å². The molecule has 2 amide bonds. The van der Waals surface area contributed by atoms with E-state index in [4.69, 9.17) is 0 Å². The Kier molecular flexibility index (Phi) is 6.52. The maximum absolute atomic E-state index is 11.9. The van der Waals surface area contributed by atoms with Crippen molar-refractivity contribution in [3.8, 4) is 11.5 Å². The highest BCUT2D eigenvalue weighted by Gasteiger charge is 2.04. The molecule has 3 aromatic rings. The van der Waals surface area contributed by atoms with Crippen molar-refractivity contribution in [2.24, 2.45) is 10.2 Å². The van der Waals surface area contributed by atoms with Gasteiger partial charge in [-0.1, -0.05) is 24.3 Å². The van der Waals surface area contributed by atoms with Crippen LogP contribution in [-0.2, 0) is 0 Å². The predicted molar refractivity (Wildman–Crippen MR) is 113 cm³/mol. The lowest BCUT2D eigenvalue weighted by Crippen LogP contribution is -2.17. The van der Waals surface area contributed by atoms with E-state index in [1.54, 1.807) is 24.3 Å². The highest BCUT2D eigenvalue weighted by Crippen LogP contribution is 2.10. The molecule has 0 heterocycles. The first-order valence-corrected chi connectivity index (χ1v) is 8.86. The summed E-state index contributed by atoms with van der Waals surface area (Å²) in [5, 5.41) is 26.3. The van der Waals surface area contributed by atoms with Crippen LogP contribution in [0.2, 0.25) is 0 Å². The van der Waals surface area contributed by atoms with Crippen LogP contribution in [0, 0.1) is 0 Å². The van der Waals surface area contributed by atoms with E-state index in [1.807, 2.05) is 0 Å². The normalized spacial score (nSPS) is 10.9. The summed E-state index contributed by atoms with van der Waals surface area (Å²) in [6, 6.07) is 18.8. The van der Waals surface area contributed by atoms with Crippen LogP contribution in [0.25, 0.3) is 0 Å². The molecule has 0 aromatic heterocycles. The molecular formula is C22H18N4O4. The molecule has 8 heteroatoms. The number of carbonyl (C=O) groups is 2. The van der Waals surface area contributed by atoms with Crippen molar-refractivity contribution in [2.75, 3.05) is 0 Å². The molecule has 0 bridgehead atoms. The van der Waals surface area contributed by atoms with Crippen molar-refractivity contribution in [2.45, 2.75) is 0 Å². The summed E-state index contributed by atoms with van der Waals surface area (Å²) in [5.41, 5.74) is 7.09. The van der Waals surface area contributed by atoms with Gasteiger partial charge in [-0.2, -0.15) is 10.2 Å². The SMILES string of the molecule is O=C(NN=Cc1ccc(C=NNC(=O)c2ccc(O)cc2)cc1)c1ccc(O)cc1. The van der Waals surface area contributed by atoms with Crippen LogP contribution in [0.4, 0.5) is 0 Å². The van der Waals surface area contributed by atoms with Gasteiger partial charge in [-0.05, 0) is 59.7 Å². The Labute approximate surface area is 172 Å². The number of amides is 2. The third-order valence-corrected chi connectivity index (χ3v) is 3.95. The quantitative estimate of drug-likeness (QED) is 0.374. The van der Waals surface area contributed by atoms with Gasteiger partial charge >= 0.3 is 0 Å². The number of nitrogens with one attached hydrogen (secondary N) is 2. The van der Waals surface area contributed by atoms with Gasteiger partial charge in [0.05, 0.1) is 12.4 Å². The average molecular weight is 402 g/mol. The van der Waals surface area contributed by atoms with Gasteiger partial charge in [0.1, 0.15) is 11.5 Å². The fraction of sp³-hybridized carbons (Fsp3) is 0. The number of phenolic OH excluding ortho intramolecular Hbond substituents is 2. The Morgan fingerprint density at radius 2 is 0.933 bits per heavy atom. The Bertz CT molecular complexity index is 985. The van der Waals surface area contributed by atoms with Crippen molar-refractivity contribution in [3.63, 3.8) is 0 Å². The van der Waals surface area contributed by atoms with E-state index < -0.39 is 0 Å². The van der Waals surface area contributed by atoms with Gasteiger partial charge in [0.15, 0.2) is 0 Å². The van der Waals surface area contributed by atoms with Crippen LogP contribution in [0.15, 0.2) is 83.0 Å². The smallest absolute Gasteiger partial charge is 0.271 e. The molecule has 4 N–H and O–H groups in total. The minimum absolute atomic E-state index is 0.0820. The van der Waals surface area contributed by atoms with Crippen molar-refractivity contribution in [3.05, 3.63) is 95.1 Å². The molecule has 0 aliphatic heterocycles. The van der Waals surface area contributed by atoms with Gasteiger partial charge in [0.25, 0.3) is 11.8 Å². The molecule has 3 aromatic carbocycles. The Morgan fingerprint density at radius 3 is 1.27 bits per heavy atom. The lowest BCUT2D eigenvalue weighted by atomic mass is 10.2. The second kappa shape index (κ2) is 9.65. The fourth-order valence-electron chi connectivity index (χ4n) is 2.35. The summed E-state index contributed by atoms with van der Waals surface area (Å²) >= 11 is 0. The molecule has 0 fully saturated rings. The standard InChI is InChI=1S/C22H18N4O4/c27-19-9-5-17(6-10-19)21(29)25-23-13-15-1-2-16(4-3-15)14-24-26-22(30)18-7-11-20(28)12-8-18/h1-14,27-28H,(H,25,29)(H,26,30). The molecule has 0 saturated carbocycles. The van der Waals surface area contributed by atoms with Crippen LogP contribution in [0.3, 0.4) is 0 Å². The molecule has 3 rings (SSSR count). The molecule has 0 saturated heterocycles. The zero-order valence-electron chi connectivity index (χ0n) is 15.7. The zero-order chi connectivity index (χ0) is 21.3. The number of benzene rings is 3. The number of phenols is 2. The maximum atomic E-state index is 11.9. The van der Waals surface area contributed by atoms with E-state index >= 15 is 0 Å². The van der Waals surface area contributed by atoms with Gasteiger partial charge < -0.3 is 10.2 Å². The Morgan fingerprint density at radius 1 is 0.600 bits per heavy atom. The third kappa shape index (κ3) is 5.77. The number of hydrogen-bond donors (Lipinski definition) is 4.